The van der Waals surface area contributed by atoms with Gasteiger partial charge in [-0.2, -0.15) is 0 Å². The van der Waals surface area contributed by atoms with Gasteiger partial charge in [0.25, 0.3) is 0 Å². The van der Waals surface area contributed by atoms with E-state index in [1.165, 1.54) is 0 Å². The van der Waals surface area contributed by atoms with E-state index < -0.39 is 6.04 Å². The molecule has 25 heavy (non-hydrogen) atoms. The van der Waals surface area contributed by atoms with Crippen LogP contribution < -0.4 is 16.4 Å². The standard InChI is InChI=1S/C19H25N3O2.ClH/c1-13(2)18(19(24)21-10-9-20)22-17(23)12-14-7-8-15-5-3-4-6-16(15)11-14;/h3-8,11,13,18H,9-10,12,20H2,1-2H3,(H,21,24)(H,22,23);1H. The Labute approximate surface area is 154 Å². The normalized spacial score (nSPS) is 11.7. The molecule has 0 spiro atoms. The first-order chi connectivity index (χ1) is 11.5. The molecule has 0 aliphatic rings. The van der Waals surface area contributed by atoms with Crippen LogP contribution in [0.25, 0.3) is 10.8 Å². The van der Waals surface area contributed by atoms with Crippen molar-refractivity contribution in [3.05, 3.63) is 48.0 Å². The van der Waals surface area contributed by atoms with Crippen molar-refractivity contribution in [2.75, 3.05) is 13.1 Å². The molecular formula is C19H26ClN3O2. The van der Waals surface area contributed by atoms with Gasteiger partial charge in [-0.3, -0.25) is 9.59 Å². The van der Waals surface area contributed by atoms with Crippen molar-refractivity contribution in [1.29, 1.82) is 0 Å². The quantitative estimate of drug-likeness (QED) is 0.703. The number of hydrogen-bond acceptors (Lipinski definition) is 3. The Bertz CT molecular complexity index is 719. The molecule has 2 aromatic rings. The highest BCUT2D eigenvalue weighted by Gasteiger charge is 2.23. The zero-order valence-electron chi connectivity index (χ0n) is 14.6. The predicted molar refractivity (Wildman–Crippen MR) is 104 cm³/mol. The zero-order chi connectivity index (χ0) is 17.5. The molecule has 0 aliphatic carbocycles. The van der Waals surface area contributed by atoms with Crippen molar-refractivity contribution in [2.45, 2.75) is 26.3 Å². The topological polar surface area (TPSA) is 84.2 Å². The number of carbonyl (C=O) groups excluding carboxylic acids is 2. The van der Waals surface area contributed by atoms with Crippen molar-refractivity contribution in [2.24, 2.45) is 11.7 Å². The maximum absolute atomic E-state index is 12.3. The number of amides is 2. The predicted octanol–water partition coefficient (Wildman–Crippen LogP) is 2.02. The second-order valence-electron chi connectivity index (χ2n) is 6.23. The molecule has 1 unspecified atom stereocenters. The van der Waals surface area contributed by atoms with Crippen molar-refractivity contribution < 1.29 is 9.59 Å². The van der Waals surface area contributed by atoms with Gasteiger partial charge in [-0.15, -0.1) is 12.4 Å². The molecule has 136 valence electrons. The van der Waals surface area contributed by atoms with E-state index in [1.54, 1.807) is 0 Å². The van der Waals surface area contributed by atoms with Crippen LogP contribution in [0.2, 0.25) is 0 Å². The monoisotopic (exact) mass is 363 g/mol. The summed E-state index contributed by atoms with van der Waals surface area (Å²) in [6.45, 7) is 4.59. The summed E-state index contributed by atoms with van der Waals surface area (Å²) in [5, 5.41) is 7.80. The van der Waals surface area contributed by atoms with Gasteiger partial charge in [-0.05, 0) is 22.3 Å². The van der Waals surface area contributed by atoms with Crippen LogP contribution in [0.5, 0.6) is 0 Å². The summed E-state index contributed by atoms with van der Waals surface area (Å²) in [5.74, 6) is -0.350. The first kappa shape index (κ1) is 20.9. The molecule has 0 aliphatic heterocycles. The number of nitrogens with two attached hydrogens (primary N) is 1. The van der Waals surface area contributed by atoms with Crippen molar-refractivity contribution in [3.8, 4) is 0 Å². The fourth-order valence-corrected chi connectivity index (χ4v) is 2.60. The van der Waals surface area contributed by atoms with E-state index in [4.69, 9.17) is 5.73 Å². The SMILES string of the molecule is CC(C)C(NC(=O)Cc1ccc2ccccc2c1)C(=O)NCCN.Cl. The van der Waals surface area contributed by atoms with Crippen LogP contribution >= 0.6 is 12.4 Å². The van der Waals surface area contributed by atoms with Gasteiger partial charge < -0.3 is 16.4 Å². The lowest BCUT2D eigenvalue weighted by atomic mass is 10.0. The summed E-state index contributed by atoms with van der Waals surface area (Å²) < 4.78 is 0. The average molecular weight is 364 g/mol. The highest BCUT2D eigenvalue weighted by atomic mass is 35.5. The molecule has 2 amide bonds. The van der Waals surface area contributed by atoms with Crippen LogP contribution in [-0.4, -0.2) is 30.9 Å². The van der Waals surface area contributed by atoms with E-state index in [9.17, 15) is 9.59 Å². The molecule has 1 atom stereocenters. The Balaban J connectivity index is 0.00000312. The van der Waals surface area contributed by atoms with Crippen LogP contribution in [-0.2, 0) is 16.0 Å². The lowest BCUT2D eigenvalue weighted by molar-refractivity contribution is -0.129. The number of nitrogens with one attached hydrogen (secondary N) is 2. The Kier molecular flexibility index (Phi) is 8.38. The van der Waals surface area contributed by atoms with Crippen LogP contribution in [0.4, 0.5) is 0 Å². The third kappa shape index (κ3) is 6.03. The smallest absolute Gasteiger partial charge is 0.242 e. The first-order valence-electron chi connectivity index (χ1n) is 8.26. The van der Waals surface area contributed by atoms with Gasteiger partial charge in [0.2, 0.25) is 11.8 Å². The van der Waals surface area contributed by atoms with Gasteiger partial charge in [0.1, 0.15) is 6.04 Å². The van der Waals surface area contributed by atoms with Gasteiger partial charge in [-0.1, -0.05) is 56.3 Å². The first-order valence-corrected chi connectivity index (χ1v) is 8.26. The number of hydrogen-bond donors (Lipinski definition) is 3. The second-order valence-corrected chi connectivity index (χ2v) is 6.23. The summed E-state index contributed by atoms with van der Waals surface area (Å²) in [4.78, 5) is 24.5. The fourth-order valence-electron chi connectivity index (χ4n) is 2.60. The Morgan fingerprint density at radius 2 is 1.76 bits per heavy atom. The van der Waals surface area contributed by atoms with Gasteiger partial charge in [-0.25, -0.2) is 0 Å². The molecule has 2 aromatic carbocycles. The maximum Gasteiger partial charge on any atom is 0.242 e. The molecule has 0 bridgehead atoms. The number of fused-ring (bicyclic) bond motifs is 1. The summed E-state index contributed by atoms with van der Waals surface area (Å²) in [6.07, 6.45) is 0.248. The van der Waals surface area contributed by atoms with Crippen LogP contribution in [0.1, 0.15) is 19.4 Å². The van der Waals surface area contributed by atoms with Crippen molar-refractivity contribution in [1.82, 2.24) is 10.6 Å². The minimum atomic E-state index is -0.551. The van der Waals surface area contributed by atoms with Gasteiger partial charge >= 0.3 is 0 Å². The molecule has 5 nitrogen and oxygen atoms in total. The highest BCUT2D eigenvalue weighted by Crippen LogP contribution is 2.16. The van der Waals surface area contributed by atoms with Gasteiger partial charge in [0.15, 0.2) is 0 Å². The Morgan fingerprint density at radius 1 is 1.08 bits per heavy atom. The lowest BCUT2D eigenvalue weighted by Crippen LogP contribution is -2.50. The summed E-state index contributed by atoms with van der Waals surface area (Å²) in [5.41, 5.74) is 6.33. The van der Waals surface area contributed by atoms with Crippen LogP contribution in [0.15, 0.2) is 42.5 Å². The Morgan fingerprint density at radius 3 is 2.40 bits per heavy atom. The molecule has 4 N–H and O–H groups in total. The highest BCUT2D eigenvalue weighted by molar-refractivity contribution is 5.89. The molecule has 0 aromatic heterocycles. The molecule has 0 radical (unpaired) electrons. The molecule has 0 saturated heterocycles. The minimum absolute atomic E-state index is 0. The van der Waals surface area contributed by atoms with E-state index in [-0.39, 0.29) is 36.6 Å². The summed E-state index contributed by atoms with van der Waals surface area (Å²) >= 11 is 0. The number of halogens is 1. The van der Waals surface area contributed by atoms with E-state index >= 15 is 0 Å². The third-order valence-electron chi connectivity index (χ3n) is 3.89. The van der Waals surface area contributed by atoms with Gasteiger partial charge in [0.05, 0.1) is 6.42 Å². The van der Waals surface area contributed by atoms with Gasteiger partial charge in [0, 0.05) is 13.1 Å². The van der Waals surface area contributed by atoms with Crippen LogP contribution in [0.3, 0.4) is 0 Å². The summed E-state index contributed by atoms with van der Waals surface area (Å²) in [7, 11) is 0. The number of rotatable bonds is 7. The maximum atomic E-state index is 12.3. The second kappa shape index (κ2) is 10.0. The molecule has 0 saturated carbocycles. The average Bonchev–Trinajstić information content (AvgIpc) is 2.57. The fraction of sp³-hybridized carbons (Fsp3) is 0.368. The molecule has 0 fully saturated rings. The lowest BCUT2D eigenvalue weighted by Gasteiger charge is -2.21. The van der Waals surface area contributed by atoms with Crippen molar-refractivity contribution >= 4 is 35.0 Å². The number of carbonyl (C=O) groups is 2. The summed E-state index contributed by atoms with van der Waals surface area (Å²) in [6, 6.07) is 13.4. The minimum Gasteiger partial charge on any atom is -0.353 e. The molecule has 2 rings (SSSR count). The Hall–Kier alpha value is -2.11. The van der Waals surface area contributed by atoms with E-state index in [0.29, 0.717) is 13.1 Å². The molecule has 0 heterocycles. The van der Waals surface area contributed by atoms with Crippen LogP contribution in [0, 0.1) is 5.92 Å². The van der Waals surface area contributed by atoms with Crippen molar-refractivity contribution in [3.63, 3.8) is 0 Å². The third-order valence-corrected chi connectivity index (χ3v) is 3.89. The largest absolute Gasteiger partial charge is 0.353 e. The van der Waals surface area contributed by atoms with E-state index in [1.807, 2.05) is 56.3 Å². The van der Waals surface area contributed by atoms with E-state index in [0.717, 1.165) is 16.3 Å². The zero-order valence-corrected chi connectivity index (χ0v) is 15.4. The van der Waals surface area contributed by atoms with E-state index in [2.05, 4.69) is 10.6 Å². The molecular weight excluding hydrogens is 338 g/mol. The molecule has 6 heteroatoms. The number of benzene rings is 2.